The highest BCUT2D eigenvalue weighted by molar-refractivity contribution is 8.27. The van der Waals surface area contributed by atoms with E-state index in [4.69, 9.17) is 21.7 Å². The molecule has 2 amide bonds. The summed E-state index contributed by atoms with van der Waals surface area (Å²) in [6.07, 6.45) is 1.79. The van der Waals surface area contributed by atoms with Crippen molar-refractivity contribution in [2.24, 2.45) is 0 Å². The molecule has 1 saturated heterocycles. The molecule has 6 nitrogen and oxygen atoms in total. The van der Waals surface area contributed by atoms with Crippen LogP contribution in [0.3, 0.4) is 0 Å². The molecular weight excluding hydrogens is 504 g/mol. The number of ether oxygens (including phenoxy) is 2. The van der Waals surface area contributed by atoms with Gasteiger partial charge in [-0.15, -0.1) is 0 Å². The average molecular weight is 533 g/mol. The monoisotopic (exact) mass is 532 g/mol. The predicted octanol–water partition coefficient (Wildman–Crippen LogP) is 6.43. The predicted molar refractivity (Wildman–Crippen MR) is 154 cm³/mol. The standard InChI is InChI=1S/C29H28N2O4S2/c1-5-34-25-15-21(16-26-28(33)31(29(36)37-26)22-8-6-7-18(2)14-22)10-12-24(25)35-17-27(32)30-23-11-9-19(3)13-20(23)4/h6-16H,5,17H2,1-4H3,(H,30,32)/b26-16-. The quantitative estimate of drug-likeness (QED) is 0.266. The Hall–Kier alpha value is -3.62. The first-order valence-electron chi connectivity index (χ1n) is 11.9. The first-order valence-corrected chi connectivity index (χ1v) is 13.1. The Morgan fingerprint density at radius 3 is 2.51 bits per heavy atom. The number of rotatable bonds is 8. The molecule has 0 bridgehead atoms. The number of hydrogen-bond donors (Lipinski definition) is 1. The minimum atomic E-state index is -0.265. The van der Waals surface area contributed by atoms with Crippen LogP contribution in [0.1, 0.15) is 29.2 Å². The molecule has 0 aliphatic carbocycles. The molecule has 3 aromatic rings. The normalized spacial score (nSPS) is 14.3. The second-order valence-electron chi connectivity index (χ2n) is 8.65. The van der Waals surface area contributed by atoms with Crippen molar-refractivity contribution in [1.82, 2.24) is 0 Å². The number of thiocarbonyl (C=S) groups is 1. The molecule has 0 unspecified atom stereocenters. The van der Waals surface area contributed by atoms with Gasteiger partial charge in [0.2, 0.25) is 0 Å². The van der Waals surface area contributed by atoms with Gasteiger partial charge in [-0.2, -0.15) is 0 Å². The third kappa shape index (κ3) is 6.39. The number of benzene rings is 3. The minimum absolute atomic E-state index is 0.165. The lowest BCUT2D eigenvalue weighted by atomic mass is 10.1. The number of anilines is 2. The van der Waals surface area contributed by atoms with Crippen LogP contribution in [0.5, 0.6) is 11.5 Å². The Morgan fingerprint density at radius 2 is 1.78 bits per heavy atom. The van der Waals surface area contributed by atoms with Crippen molar-refractivity contribution in [3.8, 4) is 11.5 Å². The van der Waals surface area contributed by atoms with Gasteiger partial charge in [0, 0.05) is 5.69 Å². The third-order valence-electron chi connectivity index (χ3n) is 5.63. The molecule has 1 fully saturated rings. The highest BCUT2D eigenvalue weighted by atomic mass is 32.2. The van der Waals surface area contributed by atoms with E-state index in [1.54, 1.807) is 23.1 Å². The van der Waals surface area contributed by atoms with E-state index in [0.717, 1.165) is 33.6 Å². The minimum Gasteiger partial charge on any atom is -0.490 e. The fourth-order valence-electron chi connectivity index (χ4n) is 3.89. The van der Waals surface area contributed by atoms with Crippen molar-refractivity contribution in [3.63, 3.8) is 0 Å². The smallest absolute Gasteiger partial charge is 0.270 e. The van der Waals surface area contributed by atoms with Crippen LogP contribution in [0.25, 0.3) is 6.08 Å². The summed E-state index contributed by atoms with van der Waals surface area (Å²) in [4.78, 5) is 27.7. The molecule has 1 aliphatic heterocycles. The van der Waals surface area contributed by atoms with Gasteiger partial charge in [0.15, 0.2) is 22.4 Å². The van der Waals surface area contributed by atoms with E-state index in [2.05, 4.69) is 5.32 Å². The molecule has 1 heterocycles. The number of carbonyl (C=O) groups excluding carboxylic acids is 2. The molecule has 0 atom stereocenters. The number of thioether (sulfide) groups is 1. The first kappa shape index (κ1) is 26.4. The molecule has 1 aliphatic rings. The van der Waals surface area contributed by atoms with Crippen LogP contribution in [-0.2, 0) is 9.59 Å². The summed E-state index contributed by atoms with van der Waals surface area (Å²) in [7, 11) is 0. The lowest BCUT2D eigenvalue weighted by molar-refractivity contribution is -0.118. The Bertz CT molecular complexity index is 1400. The fraction of sp³-hybridized carbons (Fsp3) is 0.207. The van der Waals surface area contributed by atoms with Crippen LogP contribution < -0.4 is 19.7 Å². The van der Waals surface area contributed by atoms with Gasteiger partial charge < -0.3 is 14.8 Å². The Morgan fingerprint density at radius 1 is 1.00 bits per heavy atom. The van der Waals surface area contributed by atoms with E-state index in [-0.39, 0.29) is 18.4 Å². The second kappa shape index (κ2) is 11.6. The van der Waals surface area contributed by atoms with Crippen molar-refractivity contribution in [3.05, 3.63) is 87.8 Å². The van der Waals surface area contributed by atoms with Crippen molar-refractivity contribution in [2.45, 2.75) is 27.7 Å². The molecule has 190 valence electrons. The summed E-state index contributed by atoms with van der Waals surface area (Å²) in [5, 5.41) is 2.88. The first-order chi connectivity index (χ1) is 17.7. The van der Waals surface area contributed by atoms with E-state index in [1.165, 1.54) is 11.8 Å². The molecule has 0 radical (unpaired) electrons. The van der Waals surface area contributed by atoms with E-state index in [0.29, 0.717) is 27.3 Å². The van der Waals surface area contributed by atoms with Crippen LogP contribution in [0.4, 0.5) is 11.4 Å². The summed E-state index contributed by atoms with van der Waals surface area (Å²) >= 11 is 6.75. The van der Waals surface area contributed by atoms with Gasteiger partial charge in [-0.3, -0.25) is 14.5 Å². The van der Waals surface area contributed by atoms with Crippen LogP contribution >= 0.6 is 24.0 Å². The molecule has 0 aromatic heterocycles. The summed E-state index contributed by atoms with van der Waals surface area (Å²) < 4.78 is 12.0. The highest BCUT2D eigenvalue weighted by Gasteiger charge is 2.33. The molecule has 1 N–H and O–H groups in total. The van der Waals surface area contributed by atoms with E-state index in [1.807, 2.05) is 76.2 Å². The van der Waals surface area contributed by atoms with Crippen LogP contribution in [0.15, 0.2) is 65.6 Å². The average Bonchev–Trinajstić information content (AvgIpc) is 3.13. The summed E-state index contributed by atoms with van der Waals surface area (Å²) in [5.74, 6) is 0.507. The summed E-state index contributed by atoms with van der Waals surface area (Å²) in [5.41, 5.74) is 5.44. The molecule has 0 spiro atoms. The Kier molecular flexibility index (Phi) is 8.31. The zero-order valence-corrected chi connectivity index (χ0v) is 22.8. The van der Waals surface area contributed by atoms with Crippen molar-refractivity contribution in [2.75, 3.05) is 23.4 Å². The summed E-state index contributed by atoms with van der Waals surface area (Å²) in [6.45, 7) is 8.06. The molecule has 0 saturated carbocycles. The molecule has 4 rings (SSSR count). The van der Waals surface area contributed by atoms with Crippen LogP contribution in [0, 0.1) is 20.8 Å². The van der Waals surface area contributed by atoms with Gasteiger partial charge in [0.25, 0.3) is 11.8 Å². The topological polar surface area (TPSA) is 67.9 Å². The highest BCUT2D eigenvalue weighted by Crippen LogP contribution is 2.37. The summed E-state index contributed by atoms with van der Waals surface area (Å²) in [6, 6.07) is 18.9. The lowest BCUT2D eigenvalue weighted by Crippen LogP contribution is -2.27. The fourth-order valence-corrected chi connectivity index (χ4v) is 5.19. The third-order valence-corrected chi connectivity index (χ3v) is 6.94. The van der Waals surface area contributed by atoms with E-state index in [9.17, 15) is 9.59 Å². The van der Waals surface area contributed by atoms with E-state index >= 15 is 0 Å². The Labute approximate surface area is 226 Å². The number of nitrogens with one attached hydrogen (secondary N) is 1. The SMILES string of the molecule is CCOc1cc(/C=C2\SC(=S)N(c3cccc(C)c3)C2=O)ccc1OCC(=O)Nc1ccc(C)cc1C. The van der Waals surface area contributed by atoms with Crippen molar-refractivity contribution < 1.29 is 19.1 Å². The van der Waals surface area contributed by atoms with Crippen LogP contribution in [-0.4, -0.2) is 29.3 Å². The second-order valence-corrected chi connectivity index (χ2v) is 10.3. The number of nitrogens with zero attached hydrogens (tertiary/aromatic N) is 1. The van der Waals surface area contributed by atoms with Gasteiger partial charge in [-0.25, -0.2) is 0 Å². The van der Waals surface area contributed by atoms with Gasteiger partial charge in [-0.05, 0) is 80.8 Å². The maximum atomic E-state index is 13.1. The number of hydrogen-bond acceptors (Lipinski definition) is 6. The largest absolute Gasteiger partial charge is 0.490 e. The molecule has 3 aromatic carbocycles. The van der Waals surface area contributed by atoms with Crippen molar-refractivity contribution in [1.29, 1.82) is 0 Å². The van der Waals surface area contributed by atoms with Gasteiger partial charge in [0.05, 0.1) is 17.2 Å². The Balaban J connectivity index is 1.48. The lowest BCUT2D eigenvalue weighted by Gasteiger charge is -2.15. The molecule has 37 heavy (non-hydrogen) atoms. The number of amides is 2. The van der Waals surface area contributed by atoms with E-state index < -0.39 is 0 Å². The van der Waals surface area contributed by atoms with Gasteiger partial charge in [-0.1, -0.05) is 59.9 Å². The molecular formula is C29H28N2O4S2. The zero-order chi connectivity index (χ0) is 26.5. The van der Waals surface area contributed by atoms with Gasteiger partial charge in [0.1, 0.15) is 0 Å². The van der Waals surface area contributed by atoms with Crippen molar-refractivity contribution >= 4 is 57.6 Å². The zero-order valence-electron chi connectivity index (χ0n) is 21.2. The maximum Gasteiger partial charge on any atom is 0.270 e. The number of carbonyl (C=O) groups is 2. The maximum absolute atomic E-state index is 13.1. The van der Waals surface area contributed by atoms with Gasteiger partial charge >= 0.3 is 0 Å². The number of aryl methyl sites for hydroxylation is 3. The van der Waals surface area contributed by atoms with Crippen LogP contribution in [0.2, 0.25) is 0 Å². The molecule has 8 heteroatoms.